The minimum absolute atomic E-state index is 0.0949. The lowest BCUT2D eigenvalue weighted by Crippen LogP contribution is -2.46. The fourth-order valence-corrected chi connectivity index (χ4v) is 7.82. The fourth-order valence-electron chi connectivity index (χ4n) is 3.09. The third kappa shape index (κ3) is 6.85. The Kier molecular flexibility index (Phi) is 11.4. The first-order valence-corrected chi connectivity index (χ1v) is 13.1. The third-order valence-corrected chi connectivity index (χ3v) is 8.03. The molecule has 14 heteroatoms. The van der Waals surface area contributed by atoms with Crippen LogP contribution in [-0.4, -0.2) is 94.4 Å². The van der Waals surface area contributed by atoms with Gasteiger partial charge in [-0.3, -0.25) is 14.4 Å². The Balaban J connectivity index is 2.62. The summed E-state index contributed by atoms with van der Waals surface area (Å²) in [6, 6.07) is 0. The molecule has 184 valence electrons. The Labute approximate surface area is 230 Å². The van der Waals surface area contributed by atoms with Crippen LogP contribution in [0.4, 0.5) is 5.69 Å². The second-order valence-corrected chi connectivity index (χ2v) is 10.5. The van der Waals surface area contributed by atoms with E-state index >= 15 is 0 Å². The van der Waals surface area contributed by atoms with E-state index in [-0.39, 0.29) is 34.3 Å². The van der Waals surface area contributed by atoms with E-state index in [0.717, 1.165) is 0 Å². The van der Waals surface area contributed by atoms with Crippen molar-refractivity contribution < 1.29 is 39.9 Å². The molecule has 1 aliphatic heterocycles. The van der Waals surface area contributed by atoms with Crippen LogP contribution in [0.1, 0.15) is 33.6 Å². The molecule has 1 heterocycles. The molecule has 3 atom stereocenters. The highest BCUT2D eigenvalue weighted by Crippen LogP contribution is 2.39. The average Bonchev–Trinajstić information content (AvgIpc) is 2.78. The summed E-state index contributed by atoms with van der Waals surface area (Å²) < 4.78 is 1.04. The molecular weight excluding hydrogens is 773 g/mol. The molecule has 3 unspecified atom stereocenters. The number of aliphatic hydroxyl groups is 5. The number of hydrogen-bond donors (Lipinski definition) is 7. The van der Waals surface area contributed by atoms with E-state index < -0.39 is 49.2 Å². The minimum Gasteiger partial charge on any atom is -0.394 e. The number of carbonyl (C=O) groups excluding carboxylic acids is 3. The first-order valence-electron chi connectivity index (χ1n) is 9.89. The standard InChI is InChI=1S/C19H24I3N3O8/c20-13-11(17(31)23-4-8(28)6-26)14(21)16(25-3-1-2-10(30)19(25)33)15(22)12(13)18(32)24-5-9(29)7-27/h8-10,26-30H,1-7H2,(H,23,31)(H,24,32)/i20-2,21-2,22-2. The molecular formula is C19H24I3N3O8. The lowest BCUT2D eigenvalue weighted by Gasteiger charge is -2.33. The molecule has 1 fully saturated rings. The van der Waals surface area contributed by atoms with Crippen LogP contribution in [0, 0.1) is 10.7 Å². The maximum atomic E-state index is 13.0. The second-order valence-electron chi connectivity index (χ2n) is 7.28. The Morgan fingerprint density at radius 1 is 0.939 bits per heavy atom. The van der Waals surface area contributed by atoms with Crippen molar-refractivity contribution in [1.29, 1.82) is 0 Å². The van der Waals surface area contributed by atoms with Gasteiger partial charge < -0.3 is 41.1 Å². The van der Waals surface area contributed by atoms with Crippen LogP contribution >= 0.6 is 67.8 Å². The van der Waals surface area contributed by atoms with Crippen molar-refractivity contribution in [2.24, 2.45) is 0 Å². The topological polar surface area (TPSA) is 180 Å². The van der Waals surface area contributed by atoms with E-state index in [1.807, 2.05) is 67.8 Å². The zero-order valence-electron chi connectivity index (χ0n) is 17.2. The predicted molar refractivity (Wildman–Crippen MR) is 143 cm³/mol. The molecule has 0 aliphatic carbocycles. The van der Waals surface area contributed by atoms with Gasteiger partial charge in [0.15, 0.2) is 0 Å². The Hall–Kier alpha value is -0.380. The summed E-state index contributed by atoms with van der Waals surface area (Å²) in [5.74, 6) is -1.78. The van der Waals surface area contributed by atoms with Crippen molar-refractivity contribution in [2.75, 3.05) is 37.7 Å². The molecule has 1 aliphatic rings. The lowest BCUT2D eigenvalue weighted by atomic mass is 10.0. The number of nitrogens with zero attached hydrogens (tertiary/aromatic N) is 1. The monoisotopic (exact) mass is 797 g/mol. The van der Waals surface area contributed by atoms with E-state index in [1.54, 1.807) is 0 Å². The number of carbonyl (C=O) groups is 3. The molecule has 1 saturated heterocycles. The smallest absolute Gasteiger partial charge is 0.255 e. The van der Waals surface area contributed by atoms with Gasteiger partial charge in [0.25, 0.3) is 17.7 Å². The first kappa shape index (κ1) is 28.9. The normalized spacial score (nSPS) is 18.1. The highest BCUT2D eigenvalue weighted by atomic mass is 125. The summed E-state index contributed by atoms with van der Waals surface area (Å²) in [7, 11) is 0. The zero-order chi connectivity index (χ0) is 24.9. The Bertz CT molecular complexity index is 864. The summed E-state index contributed by atoms with van der Waals surface area (Å²) in [4.78, 5) is 40.1. The molecule has 0 spiro atoms. The number of rotatable bonds is 9. The van der Waals surface area contributed by atoms with Gasteiger partial charge >= 0.3 is 0 Å². The first-order chi connectivity index (χ1) is 15.5. The molecule has 11 nitrogen and oxygen atoms in total. The largest absolute Gasteiger partial charge is 0.394 e. The molecule has 33 heavy (non-hydrogen) atoms. The van der Waals surface area contributed by atoms with E-state index in [4.69, 9.17) is 10.2 Å². The number of halogens is 3. The summed E-state index contributed by atoms with van der Waals surface area (Å²) >= 11 is 5.66. The molecule has 0 bridgehead atoms. The maximum Gasteiger partial charge on any atom is 0.255 e. The highest BCUT2D eigenvalue weighted by Gasteiger charge is 2.35. The maximum absolute atomic E-state index is 13.0. The van der Waals surface area contributed by atoms with Gasteiger partial charge in [-0.2, -0.15) is 0 Å². The molecule has 3 amide bonds. The average molecular weight is 797 g/mol. The number of anilines is 1. The molecule has 0 aromatic heterocycles. The number of nitrogens with one attached hydrogen (secondary N) is 2. The second kappa shape index (κ2) is 13.1. The minimum atomic E-state index is -1.20. The molecule has 2 rings (SSSR count). The van der Waals surface area contributed by atoms with Crippen molar-refractivity contribution in [3.8, 4) is 0 Å². The van der Waals surface area contributed by atoms with Crippen molar-refractivity contribution in [1.82, 2.24) is 10.6 Å². The molecule has 1 aromatic carbocycles. The van der Waals surface area contributed by atoms with Crippen molar-refractivity contribution >= 4 is 91.2 Å². The summed E-state index contributed by atoms with van der Waals surface area (Å²) in [6.07, 6.45) is -2.70. The van der Waals surface area contributed by atoms with E-state index in [9.17, 15) is 29.7 Å². The van der Waals surface area contributed by atoms with E-state index in [1.165, 1.54) is 4.90 Å². The van der Waals surface area contributed by atoms with Crippen LogP contribution in [0.2, 0.25) is 0 Å². The highest BCUT2D eigenvalue weighted by molar-refractivity contribution is 14.1. The zero-order valence-corrected chi connectivity index (χ0v) is 23.7. The van der Waals surface area contributed by atoms with Crippen LogP contribution < -0.4 is 15.5 Å². The third-order valence-electron chi connectivity index (χ3n) is 4.85. The molecule has 0 radical (unpaired) electrons. The van der Waals surface area contributed by atoms with Gasteiger partial charge in [0.1, 0.15) is 6.10 Å². The van der Waals surface area contributed by atoms with Gasteiger partial charge in [-0.25, -0.2) is 0 Å². The van der Waals surface area contributed by atoms with Gasteiger partial charge in [0.2, 0.25) is 0 Å². The molecule has 1 aromatic rings. The number of aliphatic hydroxyl groups excluding tert-OH is 5. The number of amides is 3. The van der Waals surface area contributed by atoms with Gasteiger partial charge in [-0.05, 0) is 80.6 Å². The fraction of sp³-hybridized carbons (Fsp3) is 0.526. The summed E-state index contributed by atoms with van der Waals surface area (Å²) in [6.45, 7) is -1.26. The SMILES string of the molecule is O=C(NCC(O)CO)c1c([125I])c(C(=O)NCC(O)CO)c([125I])c(N2CCCC(O)C2=O)c1[125I]. The predicted octanol–water partition coefficient (Wildman–Crippen LogP) is -0.846. The van der Waals surface area contributed by atoms with Gasteiger partial charge in [0.05, 0.1) is 49.4 Å². The van der Waals surface area contributed by atoms with Crippen molar-refractivity contribution in [2.45, 2.75) is 31.2 Å². The van der Waals surface area contributed by atoms with Crippen LogP contribution in [0.5, 0.6) is 0 Å². The van der Waals surface area contributed by atoms with Gasteiger partial charge in [0, 0.05) is 23.2 Å². The van der Waals surface area contributed by atoms with E-state index in [2.05, 4.69) is 10.6 Å². The van der Waals surface area contributed by atoms with Crippen molar-refractivity contribution in [3.05, 3.63) is 21.8 Å². The molecule has 0 saturated carbocycles. The number of benzene rings is 1. The van der Waals surface area contributed by atoms with Crippen molar-refractivity contribution in [3.63, 3.8) is 0 Å². The van der Waals surface area contributed by atoms with Gasteiger partial charge in [-0.15, -0.1) is 0 Å². The van der Waals surface area contributed by atoms with Crippen LogP contribution in [0.3, 0.4) is 0 Å². The van der Waals surface area contributed by atoms with Gasteiger partial charge in [-0.1, -0.05) is 0 Å². The lowest BCUT2D eigenvalue weighted by molar-refractivity contribution is -0.128. The van der Waals surface area contributed by atoms with Crippen LogP contribution in [0.25, 0.3) is 0 Å². The molecule has 7 N–H and O–H groups in total. The quantitative estimate of drug-likeness (QED) is 0.158. The van der Waals surface area contributed by atoms with E-state index in [0.29, 0.717) is 25.7 Å². The number of hydrogen-bond acceptors (Lipinski definition) is 8. The van der Waals surface area contributed by atoms with Crippen LogP contribution in [-0.2, 0) is 4.79 Å². The Morgan fingerprint density at radius 2 is 1.39 bits per heavy atom. The summed E-state index contributed by atoms with van der Waals surface area (Å²) in [5.41, 5.74) is 0.496. The number of piperidine rings is 1. The summed E-state index contributed by atoms with van der Waals surface area (Å²) in [5, 5.41) is 52.3. The van der Waals surface area contributed by atoms with Crippen LogP contribution in [0.15, 0.2) is 0 Å². The Morgan fingerprint density at radius 3 is 1.82 bits per heavy atom.